The predicted octanol–water partition coefficient (Wildman–Crippen LogP) is 0.850. The third-order valence-corrected chi connectivity index (χ3v) is 2.31. The summed E-state index contributed by atoms with van der Waals surface area (Å²) in [5, 5.41) is 2.79. The summed E-state index contributed by atoms with van der Waals surface area (Å²) in [6.07, 6.45) is 0. The molecular formula is C12H10N2O4. The summed E-state index contributed by atoms with van der Waals surface area (Å²) in [4.78, 5) is 33.8. The molecule has 2 amide bonds. The second-order valence-corrected chi connectivity index (χ2v) is 3.70. The summed E-state index contributed by atoms with van der Waals surface area (Å²) in [7, 11) is 0. The molecule has 0 aliphatic carbocycles. The Kier molecular flexibility index (Phi) is 2.85. The number of para-hydroxylation sites is 1. The molecule has 3 N–H and O–H groups in total. The monoisotopic (exact) mass is 246 g/mol. The van der Waals surface area contributed by atoms with Gasteiger partial charge in [-0.3, -0.25) is 14.4 Å². The molecule has 1 heterocycles. The van der Waals surface area contributed by atoms with E-state index in [1.54, 1.807) is 12.1 Å². The Hall–Kier alpha value is -2.63. The van der Waals surface area contributed by atoms with Crippen LogP contribution in [0.3, 0.4) is 0 Å². The van der Waals surface area contributed by atoms with Crippen LogP contribution in [-0.2, 0) is 4.79 Å². The molecule has 6 nitrogen and oxygen atoms in total. The Morgan fingerprint density at radius 1 is 1.33 bits per heavy atom. The highest BCUT2D eigenvalue weighted by atomic mass is 16.3. The molecule has 0 aliphatic rings. The quantitative estimate of drug-likeness (QED) is 0.819. The number of rotatable bonds is 2. The van der Waals surface area contributed by atoms with Crippen molar-refractivity contribution in [3.05, 3.63) is 40.2 Å². The normalized spacial score (nSPS) is 10.3. The lowest BCUT2D eigenvalue weighted by atomic mass is 10.2. The minimum absolute atomic E-state index is 0.133. The molecule has 0 saturated heterocycles. The number of hydrogen-bond donors (Lipinski definition) is 2. The standard InChI is InChI=1S/C12H10N2O4/c1-6(15)14-8-4-2-3-7-9(16)5-10(12(13)17)18-11(7)8/h2-5H,1H3,(H2,13,17)(H,14,15). The van der Waals surface area contributed by atoms with E-state index in [4.69, 9.17) is 10.2 Å². The zero-order chi connectivity index (χ0) is 13.3. The smallest absolute Gasteiger partial charge is 0.284 e. The van der Waals surface area contributed by atoms with Crippen LogP contribution in [0.1, 0.15) is 17.5 Å². The Bertz CT molecular complexity index is 703. The van der Waals surface area contributed by atoms with Crippen LogP contribution in [0.2, 0.25) is 0 Å². The fourth-order valence-corrected chi connectivity index (χ4v) is 1.59. The summed E-state index contributed by atoms with van der Waals surface area (Å²) < 4.78 is 5.25. The Labute approximate surface area is 101 Å². The third-order valence-electron chi connectivity index (χ3n) is 2.31. The molecule has 0 atom stereocenters. The fraction of sp³-hybridized carbons (Fsp3) is 0.0833. The van der Waals surface area contributed by atoms with Gasteiger partial charge in [0.05, 0.1) is 11.1 Å². The summed E-state index contributed by atoms with van der Waals surface area (Å²) in [6, 6.07) is 5.74. The zero-order valence-electron chi connectivity index (χ0n) is 9.52. The topological polar surface area (TPSA) is 102 Å². The summed E-state index contributed by atoms with van der Waals surface area (Å²) in [5.74, 6) is -1.40. The Morgan fingerprint density at radius 3 is 2.67 bits per heavy atom. The highest BCUT2D eigenvalue weighted by Crippen LogP contribution is 2.22. The number of benzene rings is 1. The van der Waals surface area contributed by atoms with Crippen molar-refractivity contribution in [2.24, 2.45) is 5.73 Å². The molecular weight excluding hydrogens is 236 g/mol. The molecule has 2 rings (SSSR count). The maximum absolute atomic E-state index is 11.8. The predicted molar refractivity (Wildman–Crippen MR) is 65.3 cm³/mol. The van der Waals surface area contributed by atoms with Gasteiger partial charge in [0.25, 0.3) is 5.91 Å². The molecule has 18 heavy (non-hydrogen) atoms. The lowest BCUT2D eigenvalue weighted by Gasteiger charge is -2.06. The third kappa shape index (κ3) is 2.08. The SMILES string of the molecule is CC(=O)Nc1cccc2c(=O)cc(C(N)=O)oc12. The van der Waals surface area contributed by atoms with Crippen molar-refractivity contribution in [3.63, 3.8) is 0 Å². The highest BCUT2D eigenvalue weighted by molar-refractivity contribution is 5.99. The molecule has 2 aromatic rings. The first kappa shape index (κ1) is 11.8. The van der Waals surface area contributed by atoms with E-state index in [0.29, 0.717) is 5.69 Å². The first-order valence-electron chi connectivity index (χ1n) is 5.13. The minimum Gasteiger partial charge on any atom is -0.448 e. The second-order valence-electron chi connectivity index (χ2n) is 3.70. The van der Waals surface area contributed by atoms with E-state index < -0.39 is 11.3 Å². The molecule has 1 aromatic carbocycles. The van der Waals surface area contributed by atoms with Crippen molar-refractivity contribution in [1.29, 1.82) is 0 Å². The van der Waals surface area contributed by atoms with E-state index in [0.717, 1.165) is 6.07 Å². The number of carbonyl (C=O) groups is 2. The molecule has 0 unspecified atom stereocenters. The van der Waals surface area contributed by atoms with E-state index in [1.807, 2.05) is 0 Å². The van der Waals surface area contributed by atoms with Crippen LogP contribution in [0.4, 0.5) is 5.69 Å². The lowest BCUT2D eigenvalue weighted by molar-refractivity contribution is -0.114. The van der Waals surface area contributed by atoms with Crippen molar-refractivity contribution in [2.75, 3.05) is 5.32 Å². The molecule has 1 aromatic heterocycles. The van der Waals surface area contributed by atoms with Gasteiger partial charge < -0.3 is 15.5 Å². The number of fused-ring (bicyclic) bond motifs is 1. The van der Waals surface area contributed by atoms with Gasteiger partial charge in [-0.15, -0.1) is 0 Å². The molecule has 0 bridgehead atoms. The maximum Gasteiger partial charge on any atom is 0.284 e. The van der Waals surface area contributed by atoms with Crippen LogP contribution in [0.25, 0.3) is 11.0 Å². The van der Waals surface area contributed by atoms with E-state index in [2.05, 4.69) is 5.32 Å². The van der Waals surface area contributed by atoms with Gasteiger partial charge in [0.1, 0.15) is 0 Å². The van der Waals surface area contributed by atoms with E-state index in [9.17, 15) is 14.4 Å². The summed E-state index contributed by atoms with van der Waals surface area (Å²) in [6.45, 7) is 1.33. The number of nitrogens with one attached hydrogen (secondary N) is 1. The van der Waals surface area contributed by atoms with Gasteiger partial charge in [-0.2, -0.15) is 0 Å². The van der Waals surface area contributed by atoms with Crippen LogP contribution in [-0.4, -0.2) is 11.8 Å². The van der Waals surface area contributed by atoms with Gasteiger partial charge in [-0.1, -0.05) is 6.07 Å². The Balaban J connectivity index is 2.77. The van der Waals surface area contributed by atoms with Crippen LogP contribution in [0.15, 0.2) is 33.5 Å². The van der Waals surface area contributed by atoms with Crippen LogP contribution in [0.5, 0.6) is 0 Å². The van der Waals surface area contributed by atoms with Gasteiger partial charge in [-0.25, -0.2) is 0 Å². The highest BCUT2D eigenvalue weighted by Gasteiger charge is 2.12. The van der Waals surface area contributed by atoms with Crippen LogP contribution in [0, 0.1) is 0 Å². The molecule has 6 heteroatoms. The zero-order valence-corrected chi connectivity index (χ0v) is 9.52. The molecule has 0 radical (unpaired) electrons. The Morgan fingerprint density at radius 2 is 2.06 bits per heavy atom. The van der Waals surface area contributed by atoms with Gasteiger partial charge in [0.2, 0.25) is 5.91 Å². The number of amides is 2. The number of nitrogens with two attached hydrogens (primary N) is 1. The minimum atomic E-state index is -0.841. The van der Waals surface area contributed by atoms with Gasteiger partial charge in [0.15, 0.2) is 16.8 Å². The fourth-order valence-electron chi connectivity index (χ4n) is 1.59. The average Bonchev–Trinajstić information content (AvgIpc) is 2.29. The van der Waals surface area contributed by atoms with Crippen molar-refractivity contribution in [1.82, 2.24) is 0 Å². The van der Waals surface area contributed by atoms with E-state index >= 15 is 0 Å². The van der Waals surface area contributed by atoms with Crippen molar-refractivity contribution in [2.45, 2.75) is 6.92 Å². The van der Waals surface area contributed by atoms with Crippen molar-refractivity contribution < 1.29 is 14.0 Å². The van der Waals surface area contributed by atoms with Crippen molar-refractivity contribution >= 4 is 28.5 Å². The van der Waals surface area contributed by atoms with Gasteiger partial charge >= 0.3 is 0 Å². The van der Waals surface area contributed by atoms with Crippen LogP contribution >= 0.6 is 0 Å². The van der Waals surface area contributed by atoms with Gasteiger partial charge in [0, 0.05) is 13.0 Å². The average molecular weight is 246 g/mol. The number of hydrogen-bond acceptors (Lipinski definition) is 4. The van der Waals surface area contributed by atoms with Gasteiger partial charge in [-0.05, 0) is 12.1 Å². The largest absolute Gasteiger partial charge is 0.448 e. The van der Waals surface area contributed by atoms with Crippen molar-refractivity contribution in [3.8, 4) is 0 Å². The maximum atomic E-state index is 11.8. The first-order chi connectivity index (χ1) is 8.49. The number of primary amides is 1. The number of carbonyl (C=O) groups excluding carboxylic acids is 2. The molecule has 0 spiro atoms. The number of anilines is 1. The molecule has 0 fully saturated rings. The van der Waals surface area contributed by atoms with E-state index in [1.165, 1.54) is 13.0 Å². The van der Waals surface area contributed by atoms with Crippen LogP contribution < -0.4 is 16.5 Å². The molecule has 92 valence electrons. The van der Waals surface area contributed by atoms with E-state index in [-0.39, 0.29) is 22.6 Å². The summed E-state index contributed by atoms with van der Waals surface area (Å²) in [5.41, 5.74) is 5.13. The first-order valence-corrected chi connectivity index (χ1v) is 5.13. The second kappa shape index (κ2) is 4.33. The summed E-state index contributed by atoms with van der Waals surface area (Å²) >= 11 is 0. The molecule has 0 aliphatic heterocycles. The molecule has 0 saturated carbocycles. The lowest BCUT2D eigenvalue weighted by Crippen LogP contribution is -2.15.